The normalized spacial score (nSPS) is 11.1. The van der Waals surface area contributed by atoms with Crippen molar-refractivity contribution in [2.45, 2.75) is 89.2 Å². The van der Waals surface area contributed by atoms with Crippen LogP contribution in [0, 0.1) is 0 Å². The summed E-state index contributed by atoms with van der Waals surface area (Å²) in [5, 5.41) is 8.90. The third kappa shape index (κ3) is 9.32. The molecule has 0 fully saturated rings. The first-order valence-electron chi connectivity index (χ1n) is 10.6. The van der Waals surface area contributed by atoms with Crippen LogP contribution in [0.15, 0.2) is 33.9 Å². The highest BCUT2D eigenvalue weighted by Gasteiger charge is 2.08. The largest absolute Gasteiger partial charge is 0.411 e. The zero-order valence-electron chi connectivity index (χ0n) is 16.8. The minimum absolute atomic E-state index is 0.562. The second kappa shape index (κ2) is 13.6. The number of aromatic nitrogens is 2. The summed E-state index contributed by atoms with van der Waals surface area (Å²) in [7, 11) is 0. The number of anilines is 1. The molecule has 0 saturated carbocycles. The summed E-state index contributed by atoms with van der Waals surface area (Å²) in [5.74, 6) is 1.60. The molecule has 0 amide bonds. The Morgan fingerprint density at radius 1 is 0.778 bits per heavy atom. The molecule has 0 unspecified atom stereocenters. The van der Waals surface area contributed by atoms with Gasteiger partial charge < -0.3 is 10.2 Å². The first-order chi connectivity index (χ1) is 13.3. The predicted molar refractivity (Wildman–Crippen MR) is 116 cm³/mol. The molecule has 0 aliphatic heterocycles. The molecule has 27 heavy (non-hydrogen) atoms. The fourth-order valence-electron chi connectivity index (χ4n) is 3.11. The quantitative estimate of drug-likeness (QED) is 0.200. The molecular weight excluding hydrogens is 354 g/mol. The smallest absolute Gasteiger partial charge is 0.276 e. The van der Waals surface area contributed by atoms with Crippen LogP contribution >= 0.6 is 11.8 Å². The summed E-state index contributed by atoms with van der Waals surface area (Å²) in [4.78, 5) is 0. The molecule has 0 atom stereocenters. The maximum absolute atomic E-state index is 5.72. The highest BCUT2D eigenvalue weighted by molar-refractivity contribution is 7.99. The van der Waals surface area contributed by atoms with Crippen LogP contribution in [0.1, 0.15) is 84.0 Å². The lowest BCUT2D eigenvalue weighted by atomic mass is 10.1. The molecule has 1 heterocycles. The third-order valence-electron chi connectivity index (χ3n) is 4.79. The van der Waals surface area contributed by atoms with Gasteiger partial charge in [0.2, 0.25) is 5.89 Å². The summed E-state index contributed by atoms with van der Waals surface area (Å²) >= 11 is 1.66. The number of rotatable bonds is 15. The molecule has 0 bridgehead atoms. The Kier molecular flexibility index (Phi) is 11.0. The molecule has 2 aromatic rings. The number of benzene rings is 1. The Balaban J connectivity index is 1.45. The minimum atomic E-state index is 0.562. The van der Waals surface area contributed by atoms with Crippen LogP contribution in [-0.4, -0.2) is 16.0 Å². The Morgan fingerprint density at radius 2 is 1.33 bits per heavy atom. The van der Waals surface area contributed by atoms with Crippen molar-refractivity contribution >= 4 is 17.4 Å². The standard InChI is InChI=1S/C22H35N3OS/c1-2-3-4-5-6-7-8-9-10-11-12-13-18-27-22-25-24-21(26-22)19-14-16-20(23)17-15-19/h14-17H,2-13,18,23H2,1H3. The van der Waals surface area contributed by atoms with Crippen LogP contribution in [0.5, 0.6) is 0 Å². The van der Waals surface area contributed by atoms with Gasteiger partial charge in [-0.3, -0.25) is 0 Å². The van der Waals surface area contributed by atoms with E-state index in [9.17, 15) is 0 Å². The molecule has 0 aliphatic carbocycles. The zero-order chi connectivity index (χ0) is 19.2. The molecule has 1 aromatic heterocycles. The van der Waals surface area contributed by atoms with E-state index in [0.717, 1.165) is 17.0 Å². The Morgan fingerprint density at radius 3 is 1.93 bits per heavy atom. The van der Waals surface area contributed by atoms with Gasteiger partial charge in [0, 0.05) is 17.0 Å². The monoisotopic (exact) mass is 389 g/mol. The maximum atomic E-state index is 5.72. The highest BCUT2D eigenvalue weighted by atomic mass is 32.2. The van der Waals surface area contributed by atoms with Gasteiger partial charge in [-0.05, 0) is 30.7 Å². The number of hydrogen-bond acceptors (Lipinski definition) is 5. The van der Waals surface area contributed by atoms with Gasteiger partial charge >= 0.3 is 0 Å². The van der Waals surface area contributed by atoms with Crippen molar-refractivity contribution in [3.63, 3.8) is 0 Å². The number of thioether (sulfide) groups is 1. The topological polar surface area (TPSA) is 64.9 Å². The average Bonchev–Trinajstić information content (AvgIpc) is 3.15. The fraction of sp³-hybridized carbons (Fsp3) is 0.636. The zero-order valence-corrected chi connectivity index (χ0v) is 17.6. The van der Waals surface area contributed by atoms with Crippen molar-refractivity contribution in [3.8, 4) is 11.5 Å². The van der Waals surface area contributed by atoms with Crippen LogP contribution in [-0.2, 0) is 0 Å². The lowest BCUT2D eigenvalue weighted by Crippen LogP contribution is -1.84. The van der Waals surface area contributed by atoms with Gasteiger partial charge in [-0.25, -0.2) is 0 Å². The van der Waals surface area contributed by atoms with E-state index in [2.05, 4.69) is 17.1 Å². The first-order valence-corrected chi connectivity index (χ1v) is 11.6. The van der Waals surface area contributed by atoms with Gasteiger partial charge in [-0.15, -0.1) is 10.2 Å². The molecule has 0 radical (unpaired) electrons. The number of nitrogens with two attached hydrogens (primary N) is 1. The van der Waals surface area contributed by atoms with E-state index in [1.165, 1.54) is 77.0 Å². The van der Waals surface area contributed by atoms with Gasteiger partial charge in [-0.1, -0.05) is 89.3 Å². The molecule has 2 N–H and O–H groups in total. The molecule has 1 aromatic carbocycles. The molecular formula is C22H35N3OS. The Hall–Kier alpha value is -1.49. The van der Waals surface area contributed by atoms with Crippen molar-refractivity contribution in [1.82, 2.24) is 10.2 Å². The second-order valence-electron chi connectivity index (χ2n) is 7.23. The number of nitrogen functional groups attached to an aromatic ring is 1. The fourth-order valence-corrected chi connectivity index (χ4v) is 3.87. The minimum Gasteiger partial charge on any atom is -0.411 e. The molecule has 0 saturated heterocycles. The van der Waals surface area contributed by atoms with Crippen molar-refractivity contribution < 1.29 is 4.42 Å². The van der Waals surface area contributed by atoms with Gasteiger partial charge in [0.1, 0.15) is 0 Å². The van der Waals surface area contributed by atoms with Crippen molar-refractivity contribution in [1.29, 1.82) is 0 Å². The van der Waals surface area contributed by atoms with E-state index in [4.69, 9.17) is 10.2 Å². The average molecular weight is 390 g/mol. The molecule has 0 spiro atoms. The van der Waals surface area contributed by atoms with Gasteiger partial charge in [-0.2, -0.15) is 0 Å². The lowest BCUT2D eigenvalue weighted by Gasteiger charge is -2.02. The van der Waals surface area contributed by atoms with E-state index in [-0.39, 0.29) is 0 Å². The van der Waals surface area contributed by atoms with Gasteiger partial charge in [0.05, 0.1) is 0 Å². The van der Waals surface area contributed by atoms with Crippen LogP contribution in [0.25, 0.3) is 11.5 Å². The summed E-state index contributed by atoms with van der Waals surface area (Å²) in [5.41, 5.74) is 7.35. The van der Waals surface area contributed by atoms with Crippen LogP contribution in [0.3, 0.4) is 0 Å². The first kappa shape index (κ1) is 21.8. The summed E-state index contributed by atoms with van der Waals surface area (Å²) in [6, 6.07) is 7.50. The molecule has 4 nitrogen and oxygen atoms in total. The third-order valence-corrected chi connectivity index (χ3v) is 5.69. The highest BCUT2D eigenvalue weighted by Crippen LogP contribution is 2.24. The number of nitrogens with zero attached hydrogens (tertiary/aromatic N) is 2. The SMILES string of the molecule is CCCCCCCCCCCCCCSc1nnc(-c2ccc(N)cc2)o1. The van der Waals surface area contributed by atoms with Gasteiger partial charge in [0.25, 0.3) is 5.22 Å². The predicted octanol–water partition coefficient (Wildman–Crippen LogP) is 7.11. The van der Waals surface area contributed by atoms with Crippen molar-refractivity contribution in [2.75, 3.05) is 11.5 Å². The van der Waals surface area contributed by atoms with E-state index in [0.29, 0.717) is 11.1 Å². The molecule has 0 aliphatic rings. The second-order valence-corrected chi connectivity index (χ2v) is 8.28. The van der Waals surface area contributed by atoms with E-state index in [1.807, 2.05) is 24.3 Å². The summed E-state index contributed by atoms with van der Waals surface area (Å²) in [6.45, 7) is 2.28. The Bertz CT molecular complexity index is 612. The maximum Gasteiger partial charge on any atom is 0.276 e. The molecule has 150 valence electrons. The van der Waals surface area contributed by atoms with Crippen molar-refractivity contribution in [2.24, 2.45) is 0 Å². The number of unbranched alkanes of at least 4 members (excludes halogenated alkanes) is 11. The van der Waals surface area contributed by atoms with Crippen LogP contribution in [0.4, 0.5) is 5.69 Å². The Labute approximate surface area is 168 Å². The van der Waals surface area contributed by atoms with Crippen LogP contribution < -0.4 is 5.73 Å². The summed E-state index contributed by atoms with van der Waals surface area (Å²) in [6.07, 6.45) is 16.5. The lowest BCUT2D eigenvalue weighted by molar-refractivity contribution is 0.465. The molecule has 2 rings (SSSR count). The summed E-state index contributed by atoms with van der Waals surface area (Å²) < 4.78 is 5.72. The van der Waals surface area contributed by atoms with E-state index < -0.39 is 0 Å². The van der Waals surface area contributed by atoms with Crippen LogP contribution in [0.2, 0.25) is 0 Å². The number of hydrogen-bond donors (Lipinski definition) is 1. The molecule has 5 heteroatoms. The van der Waals surface area contributed by atoms with E-state index >= 15 is 0 Å². The van der Waals surface area contributed by atoms with Crippen molar-refractivity contribution in [3.05, 3.63) is 24.3 Å². The van der Waals surface area contributed by atoms with Gasteiger partial charge in [0.15, 0.2) is 0 Å². The van der Waals surface area contributed by atoms with E-state index in [1.54, 1.807) is 11.8 Å².